The van der Waals surface area contributed by atoms with E-state index in [0.717, 1.165) is 11.3 Å². The summed E-state index contributed by atoms with van der Waals surface area (Å²) >= 11 is 0. The summed E-state index contributed by atoms with van der Waals surface area (Å²) in [5, 5.41) is 0. The number of rotatable bonds is 4. The Morgan fingerprint density at radius 1 is 1.21 bits per heavy atom. The molecule has 0 saturated heterocycles. The first-order chi connectivity index (χ1) is 9.11. The molecule has 0 fully saturated rings. The van der Waals surface area contributed by atoms with Gasteiger partial charge in [-0.3, -0.25) is 0 Å². The third kappa shape index (κ3) is 2.96. The van der Waals surface area contributed by atoms with Crippen LogP contribution in [0.4, 0.5) is 15.8 Å². The van der Waals surface area contributed by atoms with Crippen molar-refractivity contribution in [1.29, 1.82) is 0 Å². The minimum Gasteiger partial charge on any atom is -0.495 e. The highest BCUT2D eigenvalue weighted by Crippen LogP contribution is 2.31. The lowest BCUT2D eigenvalue weighted by atomic mass is 10.2. The van der Waals surface area contributed by atoms with Crippen molar-refractivity contribution in [3.8, 4) is 5.75 Å². The molecule has 0 amide bonds. The highest BCUT2D eigenvalue weighted by molar-refractivity contribution is 5.73. The number of anilines is 2. The van der Waals surface area contributed by atoms with Crippen LogP contribution in [0, 0.1) is 5.82 Å². The fourth-order valence-corrected chi connectivity index (χ4v) is 2.04. The average Bonchev–Trinajstić information content (AvgIpc) is 2.39. The summed E-state index contributed by atoms with van der Waals surface area (Å²) in [6.07, 6.45) is 0. The van der Waals surface area contributed by atoms with Crippen molar-refractivity contribution in [3.63, 3.8) is 0 Å². The fraction of sp³-hybridized carbons (Fsp3) is 0.200. The molecular formula is C15H17FN2O. The van der Waals surface area contributed by atoms with Crippen LogP contribution in [-0.2, 0) is 6.54 Å². The van der Waals surface area contributed by atoms with Crippen LogP contribution >= 0.6 is 0 Å². The second-order valence-electron chi connectivity index (χ2n) is 4.38. The zero-order valence-corrected chi connectivity index (χ0v) is 11.1. The quantitative estimate of drug-likeness (QED) is 0.859. The van der Waals surface area contributed by atoms with Gasteiger partial charge in [0.15, 0.2) is 0 Å². The molecule has 2 N–H and O–H groups in total. The van der Waals surface area contributed by atoms with Crippen molar-refractivity contribution >= 4 is 11.4 Å². The molecule has 4 heteroatoms. The van der Waals surface area contributed by atoms with Crippen molar-refractivity contribution in [1.82, 2.24) is 0 Å². The Balaban J connectivity index is 2.23. The first-order valence-electron chi connectivity index (χ1n) is 6.00. The van der Waals surface area contributed by atoms with Gasteiger partial charge in [-0.1, -0.05) is 18.2 Å². The highest BCUT2D eigenvalue weighted by atomic mass is 19.1. The molecule has 0 spiro atoms. The van der Waals surface area contributed by atoms with Crippen LogP contribution in [0.3, 0.4) is 0 Å². The molecule has 2 aromatic rings. The predicted molar refractivity (Wildman–Crippen MR) is 75.9 cm³/mol. The van der Waals surface area contributed by atoms with Crippen LogP contribution in [0.25, 0.3) is 0 Å². The van der Waals surface area contributed by atoms with Gasteiger partial charge in [0.1, 0.15) is 11.6 Å². The van der Waals surface area contributed by atoms with Gasteiger partial charge in [-0.15, -0.1) is 0 Å². The number of nitrogens with two attached hydrogens (primary N) is 1. The van der Waals surface area contributed by atoms with E-state index in [0.29, 0.717) is 18.0 Å². The van der Waals surface area contributed by atoms with Crippen molar-refractivity contribution in [3.05, 3.63) is 53.8 Å². The maximum atomic E-state index is 13.2. The largest absolute Gasteiger partial charge is 0.495 e. The first-order valence-corrected chi connectivity index (χ1v) is 6.00. The topological polar surface area (TPSA) is 38.5 Å². The number of halogens is 1. The van der Waals surface area contributed by atoms with Crippen LogP contribution in [0.2, 0.25) is 0 Å². The SMILES string of the molecule is COc1cccc(N(C)Cc2cccc(F)c2)c1N. The molecule has 0 aliphatic heterocycles. The lowest BCUT2D eigenvalue weighted by molar-refractivity contribution is 0.417. The normalized spacial score (nSPS) is 10.3. The van der Waals surface area contributed by atoms with E-state index in [1.165, 1.54) is 12.1 Å². The second-order valence-corrected chi connectivity index (χ2v) is 4.38. The van der Waals surface area contributed by atoms with Gasteiger partial charge in [0.2, 0.25) is 0 Å². The molecule has 0 bridgehead atoms. The number of benzene rings is 2. The van der Waals surface area contributed by atoms with E-state index >= 15 is 0 Å². The van der Waals surface area contributed by atoms with Crippen LogP contribution in [0.5, 0.6) is 5.75 Å². The van der Waals surface area contributed by atoms with Gasteiger partial charge in [-0.25, -0.2) is 4.39 Å². The minimum atomic E-state index is -0.232. The number of hydrogen-bond donors (Lipinski definition) is 1. The zero-order chi connectivity index (χ0) is 13.8. The molecule has 100 valence electrons. The Kier molecular flexibility index (Phi) is 3.90. The Hall–Kier alpha value is -2.23. The molecule has 19 heavy (non-hydrogen) atoms. The summed E-state index contributed by atoms with van der Waals surface area (Å²) in [5.41, 5.74) is 8.38. The molecule has 0 radical (unpaired) electrons. The first kappa shape index (κ1) is 13.2. The molecule has 0 atom stereocenters. The third-order valence-electron chi connectivity index (χ3n) is 2.98. The number of nitrogen functional groups attached to an aromatic ring is 1. The summed E-state index contributed by atoms with van der Waals surface area (Å²) in [6.45, 7) is 0.578. The number of hydrogen-bond acceptors (Lipinski definition) is 3. The van der Waals surface area contributed by atoms with Gasteiger partial charge in [0, 0.05) is 13.6 Å². The average molecular weight is 260 g/mol. The van der Waals surface area contributed by atoms with E-state index < -0.39 is 0 Å². The number of nitrogens with zero attached hydrogens (tertiary/aromatic N) is 1. The fourth-order valence-electron chi connectivity index (χ4n) is 2.04. The highest BCUT2D eigenvalue weighted by Gasteiger charge is 2.10. The molecule has 0 aliphatic carbocycles. The molecule has 0 aromatic heterocycles. The Morgan fingerprint density at radius 2 is 1.95 bits per heavy atom. The van der Waals surface area contributed by atoms with E-state index in [1.807, 2.05) is 36.2 Å². The van der Waals surface area contributed by atoms with E-state index in [-0.39, 0.29) is 5.82 Å². The molecule has 3 nitrogen and oxygen atoms in total. The van der Waals surface area contributed by atoms with Crippen LogP contribution in [-0.4, -0.2) is 14.2 Å². The summed E-state index contributed by atoms with van der Waals surface area (Å²) in [4.78, 5) is 1.96. The summed E-state index contributed by atoms with van der Waals surface area (Å²) in [5.74, 6) is 0.410. The monoisotopic (exact) mass is 260 g/mol. The van der Waals surface area contributed by atoms with Gasteiger partial charge in [0.25, 0.3) is 0 Å². The minimum absolute atomic E-state index is 0.232. The van der Waals surface area contributed by atoms with E-state index in [2.05, 4.69) is 0 Å². The number of para-hydroxylation sites is 1. The summed E-state index contributed by atoms with van der Waals surface area (Å²) in [7, 11) is 3.50. The van der Waals surface area contributed by atoms with Crippen LogP contribution in [0.15, 0.2) is 42.5 Å². The van der Waals surface area contributed by atoms with Crippen molar-refractivity contribution in [2.45, 2.75) is 6.54 Å². The van der Waals surface area contributed by atoms with E-state index in [1.54, 1.807) is 13.2 Å². The van der Waals surface area contributed by atoms with Crippen LogP contribution in [0.1, 0.15) is 5.56 Å². The second kappa shape index (κ2) is 5.61. The maximum absolute atomic E-state index is 13.2. The van der Waals surface area contributed by atoms with Gasteiger partial charge in [-0.05, 0) is 29.8 Å². The lowest BCUT2D eigenvalue weighted by Crippen LogP contribution is -2.18. The van der Waals surface area contributed by atoms with E-state index in [9.17, 15) is 4.39 Å². The zero-order valence-electron chi connectivity index (χ0n) is 11.1. The molecule has 2 rings (SSSR count). The Morgan fingerprint density at radius 3 is 2.63 bits per heavy atom. The van der Waals surface area contributed by atoms with Gasteiger partial charge in [-0.2, -0.15) is 0 Å². The van der Waals surface area contributed by atoms with Crippen molar-refractivity contribution < 1.29 is 9.13 Å². The molecule has 0 heterocycles. The van der Waals surface area contributed by atoms with Gasteiger partial charge < -0.3 is 15.4 Å². The summed E-state index contributed by atoms with van der Waals surface area (Å²) < 4.78 is 18.3. The standard InChI is InChI=1S/C15H17FN2O/c1-18(10-11-5-3-6-12(16)9-11)13-7-4-8-14(19-2)15(13)17/h3-9H,10,17H2,1-2H3. The van der Waals surface area contributed by atoms with Gasteiger partial charge in [0.05, 0.1) is 18.5 Å². The molecule has 0 unspecified atom stereocenters. The predicted octanol–water partition coefficient (Wildman–Crippen LogP) is 3.05. The smallest absolute Gasteiger partial charge is 0.143 e. The molecule has 0 aliphatic rings. The van der Waals surface area contributed by atoms with Crippen molar-refractivity contribution in [2.24, 2.45) is 0 Å². The molecule has 2 aromatic carbocycles. The number of methoxy groups -OCH3 is 1. The number of ether oxygens (including phenoxy) is 1. The van der Waals surface area contributed by atoms with Crippen LogP contribution < -0.4 is 15.4 Å². The molecular weight excluding hydrogens is 243 g/mol. The van der Waals surface area contributed by atoms with E-state index in [4.69, 9.17) is 10.5 Å². The lowest BCUT2D eigenvalue weighted by Gasteiger charge is -2.22. The summed E-state index contributed by atoms with van der Waals surface area (Å²) in [6, 6.07) is 12.2. The maximum Gasteiger partial charge on any atom is 0.143 e. The third-order valence-corrected chi connectivity index (χ3v) is 2.98. The van der Waals surface area contributed by atoms with Crippen molar-refractivity contribution in [2.75, 3.05) is 24.8 Å². The Bertz CT molecular complexity index is 572. The van der Waals surface area contributed by atoms with Gasteiger partial charge >= 0.3 is 0 Å². The molecule has 0 saturated carbocycles. The Labute approximate surface area is 112 Å².